The van der Waals surface area contributed by atoms with Gasteiger partial charge in [-0.25, -0.2) is 0 Å². The Bertz CT molecular complexity index is 50.7. The molecule has 1 nitrogen and oxygen atoms in total. The van der Waals surface area contributed by atoms with Crippen LogP contribution in [0.5, 0.6) is 0 Å². The molecular formula is C4H5O. The third kappa shape index (κ3) is 0.329. The molecule has 0 aromatic heterocycles. The first-order chi connectivity index (χ1) is 2.39. The number of hydrogen-bond acceptors (Lipinski definition) is 1. The molecule has 0 aromatic carbocycles. The van der Waals surface area contributed by atoms with E-state index in [0.29, 0.717) is 0 Å². The monoisotopic (exact) mass is 69.0 g/mol. The van der Waals surface area contributed by atoms with Gasteiger partial charge in [0.15, 0.2) is 0 Å². The van der Waals surface area contributed by atoms with Crippen LogP contribution in [-0.2, 0) is 4.74 Å². The molecule has 1 aliphatic rings. The van der Waals surface area contributed by atoms with Crippen molar-refractivity contribution >= 4 is 0 Å². The van der Waals surface area contributed by atoms with Gasteiger partial charge in [-0.05, 0) is 5.57 Å². The van der Waals surface area contributed by atoms with Crippen LogP contribution in [0.4, 0.5) is 0 Å². The molecule has 1 heteroatoms. The summed E-state index contributed by atoms with van der Waals surface area (Å²) in [5.74, 6) is 0. The predicted molar refractivity (Wildman–Crippen MR) is 19.4 cm³/mol. The summed E-state index contributed by atoms with van der Waals surface area (Å²) in [5.41, 5.74) is 1.09. The van der Waals surface area contributed by atoms with Crippen molar-refractivity contribution in [3.63, 3.8) is 0 Å². The topological polar surface area (TPSA) is 9.23 Å². The first-order valence-electron chi connectivity index (χ1n) is 1.52. The van der Waals surface area contributed by atoms with Gasteiger partial charge in [0.2, 0.25) is 0 Å². The van der Waals surface area contributed by atoms with E-state index >= 15 is 0 Å². The maximum Gasteiger partial charge on any atom is 0.111 e. The van der Waals surface area contributed by atoms with Gasteiger partial charge in [0, 0.05) is 0 Å². The van der Waals surface area contributed by atoms with Gasteiger partial charge in [-0.1, -0.05) is 6.58 Å². The van der Waals surface area contributed by atoms with Crippen molar-refractivity contribution in [3.05, 3.63) is 18.8 Å². The van der Waals surface area contributed by atoms with Crippen LogP contribution in [0.3, 0.4) is 0 Å². The summed E-state index contributed by atoms with van der Waals surface area (Å²) in [5, 5.41) is 0. The normalized spacial score (nSPS) is 22.0. The highest BCUT2D eigenvalue weighted by Gasteiger charge is 2.03. The smallest absolute Gasteiger partial charge is 0.111 e. The third-order valence-electron chi connectivity index (χ3n) is 0.519. The molecule has 0 unspecified atom stereocenters. The molecule has 1 heterocycles. The fourth-order valence-electron chi connectivity index (χ4n) is 0.201. The minimum absolute atomic E-state index is 0.736. The van der Waals surface area contributed by atoms with Gasteiger partial charge in [0.1, 0.15) is 6.61 Å². The average molecular weight is 69.1 g/mol. The van der Waals surface area contributed by atoms with Gasteiger partial charge in [0.05, 0.1) is 6.61 Å². The van der Waals surface area contributed by atoms with Crippen LogP contribution in [0.2, 0.25) is 0 Å². The Balaban J connectivity index is 2.32. The molecule has 27 valence electrons. The summed E-state index contributed by atoms with van der Waals surface area (Å²) < 4.78 is 4.61. The van der Waals surface area contributed by atoms with Gasteiger partial charge < -0.3 is 4.74 Å². The van der Waals surface area contributed by atoms with Crippen molar-refractivity contribution in [3.8, 4) is 0 Å². The zero-order chi connectivity index (χ0) is 3.70. The first-order valence-corrected chi connectivity index (χ1v) is 1.52. The van der Waals surface area contributed by atoms with E-state index in [2.05, 4.69) is 11.3 Å². The zero-order valence-corrected chi connectivity index (χ0v) is 2.90. The third-order valence-corrected chi connectivity index (χ3v) is 0.519. The van der Waals surface area contributed by atoms with Gasteiger partial charge in [0.25, 0.3) is 0 Å². The molecule has 0 aliphatic carbocycles. The lowest BCUT2D eigenvalue weighted by Gasteiger charge is -2.12. The predicted octanol–water partition coefficient (Wildman–Crippen LogP) is 0.735. The Morgan fingerprint density at radius 1 is 2.00 bits per heavy atom. The van der Waals surface area contributed by atoms with Gasteiger partial charge >= 0.3 is 0 Å². The highest BCUT2D eigenvalue weighted by Crippen LogP contribution is 2.08. The molecule has 0 aromatic rings. The van der Waals surface area contributed by atoms with E-state index in [0.717, 1.165) is 12.2 Å². The van der Waals surface area contributed by atoms with Crippen molar-refractivity contribution in [2.24, 2.45) is 0 Å². The second-order valence-corrected chi connectivity index (χ2v) is 1.09. The molecule has 0 N–H and O–H groups in total. The number of ether oxygens (including phenoxy) is 1. The molecule has 1 fully saturated rings. The standard InChI is InChI=1S/C4H5O/c1-4-2-5-3-4/h2H,1,3H2. The summed E-state index contributed by atoms with van der Waals surface area (Å²) in [6, 6.07) is 0. The van der Waals surface area contributed by atoms with Crippen LogP contribution >= 0.6 is 0 Å². The minimum atomic E-state index is 0.736. The second kappa shape index (κ2) is 0.830. The second-order valence-electron chi connectivity index (χ2n) is 1.09. The van der Waals surface area contributed by atoms with Crippen molar-refractivity contribution in [2.45, 2.75) is 0 Å². The molecule has 1 radical (unpaired) electrons. The quantitative estimate of drug-likeness (QED) is 0.407. The average Bonchev–Trinajstić information content (AvgIpc) is 1.30. The Labute approximate surface area is 31.3 Å². The Kier molecular flexibility index (Phi) is 0.484. The number of rotatable bonds is 0. The molecule has 1 rings (SSSR count). The molecule has 1 saturated heterocycles. The van der Waals surface area contributed by atoms with E-state index in [4.69, 9.17) is 0 Å². The molecule has 5 heavy (non-hydrogen) atoms. The lowest BCUT2D eigenvalue weighted by molar-refractivity contribution is 0.169. The van der Waals surface area contributed by atoms with E-state index in [-0.39, 0.29) is 0 Å². The Morgan fingerprint density at radius 3 is 2.40 bits per heavy atom. The zero-order valence-electron chi connectivity index (χ0n) is 2.90. The van der Waals surface area contributed by atoms with Crippen LogP contribution in [0.1, 0.15) is 0 Å². The van der Waals surface area contributed by atoms with Gasteiger partial charge in [-0.15, -0.1) is 0 Å². The number of hydrogen-bond donors (Lipinski definition) is 0. The van der Waals surface area contributed by atoms with Crippen LogP contribution < -0.4 is 0 Å². The molecule has 0 saturated carbocycles. The van der Waals surface area contributed by atoms with Crippen molar-refractivity contribution in [1.29, 1.82) is 0 Å². The van der Waals surface area contributed by atoms with Gasteiger partial charge in [-0.3, -0.25) is 0 Å². The molecule has 0 atom stereocenters. The van der Waals surface area contributed by atoms with Gasteiger partial charge in [-0.2, -0.15) is 0 Å². The van der Waals surface area contributed by atoms with Crippen molar-refractivity contribution in [1.82, 2.24) is 0 Å². The van der Waals surface area contributed by atoms with Crippen LogP contribution in [-0.4, -0.2) is 6.61 Å². The summed E-state index contributed by atoms with van der Waals surface area (Å²) >= 11 is 0. The molecule has 0 spiro atoms. The molecule has 0 bridgehead atoms. The van der Waals surface area contributed by atoms with Crippen molar-refractivity contribution in [2.75, 3.05) is 6.61 Å². The maximum atomic E-state index is 4.61. The van der Waals surface area contributed by atoms with Crippen LogP contribution in [0.15, 0.2) is 12.2 Å². The first kappa shape index (κ1) is 2.91. The SMILES string of the molecule is C=C1[CH]OC1. The highest BCUT2D eigenvalue weighted by molar-refractivity contribution is 5.10. The summed E-state index contributed by atoms with van der Waals surface area (Å²) in [6.07, 6.45) is 0. The fraction of sp³-hybridized carbons (Fsp3) is 0.250. The van der Waals surface area contributed by atoms with E-state index in [1.165, 1.54) is 0 Å². The molecule has 0 amide bonds. The largest absolute Gasteiger partial charge is 0.366 e. The fourth-order valence-corrected chi connectivity index (χ4v) is 0.201. The van der Waals surface area contributed by atoms with Crippen LogP contribution in [0.25, 0.3) is 0 Å². The summed E-state index contributed by atoms with van der Waals surface area (Å²) in [4.78, 5) is 0. The summed E-state index contributed by atoms with van der Waals surface area (Å²) in [7, 11) is 0. The summed E-state index contributed by atoms with van der Waals surface area (Å²) in [6.45, 7) is 5.97. The van der Waals surface area contributed by atoms with E-state index < -0.39 is 0 Å². The van der Waals surface area contributed by atoms with E-state index in [1.807, 2.05) is 0 Å². The van der Waals surface area contributed by atoms with E-state index in [9.17, 15) is 0 Å². The highest BCUT2D eigenvalue weighted by atomic mass is 16.5. The molecule has 1 aliphatic heterocycles. The lowest BCUT2D eigenvalue weighted by Crippen LogP contribution is -2.07. The maximum absolute atomic E-state index is 4.61. The van der Waals surface area contributed by atoms with E-state index in [1.54, 1.807) is 6.61 Å². The van der Waals surface area contributed by atoms with Crippen LogP contribution in [0, 0.1) is 6.61 Å². The van der Waals surface area contributed by atoms with Crippen molar-refractivity contribution < 1.29 is 4.74 Å². The Hall–Kier alpha value is -0.300. The Morgan fingerprint density at radius 2 is 2.40 bits per heavy atom. The molecular weight excluding hydrogens is 64.0 g/mol. The lowest BCUT2D eigenvalue weighted by atomic mass is 10.3. The minimum Gasteiger partial charge on any atom is -0.366 e.